The number of para-hydroxylation sites is 1. The SMILES string of the molecule is COCCNC(=O)CCNC(C)c1cc2ccccc2o1. The van der Waals surface area contributed by atoms with Crippen molar-refractivity contribution in [2.24, 2.45) is 0 Å². The number of nitrogens with one attached hydrogen (secondary N) is 2. The summed E-state index contributed by atoms with van der Waals surface area (Å²) in [6.45, 7) is 3.72. The molecular formula is C16H22N2O3. The van der Waals surface area contributed by atoms with E-state index in [9.17, 15) is 4.79 Å². The number of hydrogen-bond acceptors (Lipinski definition) is 4. The first kappa shape index (κ1) is 15.5. The van der Waals surface area contributed by atoms with Crippen molar-refractivity contribution < 1.29 is 13.9 Å². The highest BCUT2D eigenvalue weighted by atomic mass is 16.5. The van der Waals surface area contributed by atoms with Crippen LogP contribution in [-0.4, -0.2) is 32.7 Å². The van der Waals surface area contributed by atoms with E-state index in [1.807, 2.05) is 37.3 Å². The largest absolute Gasteiger partial charge is 0.459 e. The van der Waals surface area contributed by atoms with Gasteiger partial charge in [0.15, 0.2) is 0 Å². The molecule has 0 aliphatic heterocycles. The number of hydrogen-bond donors (Lipinski definition) is 2. The summed E-state index contributed by atoms with van der Waals surface area (Å²) in [4.78, 5) is 11.5. The summed E-state index contributed by atoms with van der Waals surface area (Å²) in [5.74, 6) is 0.910. The maximum absolute atomic E-state index is 11.5. The number of rotatable bonds is 8. The Kier molecular flexibility index (Phi) is 5.78. The zero-order chi connectivity index (χ0) is 15.1. The fraction of sp³-hybridized carbons (Fsp3) is 0.438. The van der Waals surface area contributed by atoms with Crippen LogP contribution in [0.3, 0.4) is 0 Å². The second kappa shape index (κ2) is 7.81. The fourth-order valence-corrected chi connectivity index (χ4v) is 2.10. The molecule has 1 atom stereocenters. The van der Waals surface area contributed by atoms with Crippen LogP contribution in [0.1, 0.15) is 25.1 Å². The Morgan fingerprint density at radius 3 is 2.90 bits per heavy atom. The van der Waals surface area contributed by atoms with Gasteiger partial charge in [0.25, 0.3) is 0 Å². The predicted molar refractivity (Wildman–Crippen MR) is 82.1 cm³/mol. The smallest absolute Gasteiger partial charge is 0.221 e. The first-order valence-electron chi connectivity index (χ1n) is 7.18. The van der Waals surface area contributed by atoms with Crippen LogP contribution in [0.15, 0.2) is 34.7 Å². The van der Waals surface area contributed by atoms with Crippen LogP contribution in [0.5, 0.6) is 0 Å². The lowest BCUT2D eigenvalue weighted by atomic mass is 10.2. The normalized spacial score (nSPS) is 12.5. The van der Waals surface area contributed by atoms with E-state index in [1.54, 1.807) is 7.11 Å². The lowest BCUT2D eigenvalue weighted by Crippen LogP contribution is -2.30. The number of carbonyl (C=O) groups is 1. The molecule has 1 unspecified atom stereocenters. The molecular weight excluding hydrogens is 268 g/mol. The molecule has 2 N–H and O–H groups in total. The third-order valence-electron chi connectivity index (χ3n) is 3.30. The van der Waals surface area contributed by atoms with E-state index >= 15 is 0 Å². The van der Waals surface area contributed by atoms with Gasteiger partial charge in [0.1, 0.15) is 11.3 Å². The van der Waals surface area contributed by atoms with Crippen LogP contribution >= 0.6 is 0 Å². The van der Waals surface area contributed by atoms with Crippen LogP contribution in [0, 0.1) is 0 Å². The maximum atomic E-state index is 11.5. The van der Waals surface area contributed by atoms with E-state index < -0.39 is 0 Å². The summed E-state index contributed by atoms with van der Waals surface area (Å²) in [7, 11) is 1.61. The van der Waals surface area contributed by atoms with Gasteiger partial charge in [-0.25, -0.2) is 0 Å². The molecule has 21 heavy (non-hydrogen) atoms. The number of carbonyl (C=O) groups excluding carboxylic acids is 1. The number of ether oxygens (including phenoxy) is 1. The number of furan rings is 1. The van der Waals surface area contributed by atoms with Gasteiger partial charge in [0.05, 0.1) is 12.6 Å². The predicted octanol–water partition coefficient (Wildman–Crippen LogP) is 2.24. The van der Waals surface area contributed by atoms with Crippen molar-refractivity contribution in [2.75, 3.05) is 26.8 Å². The van der Waals surface area contributed by atoms with Gasteiger partial charge in [-0.2, -0.15) is 0 Å². The summed E-state index contributed by atoms with van der Waals surface area (Å²) < 4.78 is 10.7. The molecule has 0 saturated heterocycles. The minimum absolute atomic E-state index is 0.0244. The Balaban J connectivity index is 1.76. The molecule has 2 aromatic rings. The van der Waals surface area contributed by atoms with E-state index in [0.29, 0.717) is 26.1 Å². The molecule has 5 heteroatoms. The standard InChI is InChI=1S/C16H22N2O3/c1-12(17-8-7-16(19)18-9-10-20-2)15-11-13-5-3-4-6-14(13)21-15/h3-6,11-12,17H,7-10H2,1-2H3,(H,18,19). The summed E-state index contributed by atoms with van der Waals surface area (Å²) in [5, 5.41) is 7.18. The average Bonchev–Trinajstić information content (AvgIpc) is 2.91. The second-order valence-corrected chi connectivity index (χ2v) is 4.96. The zero-order valence-corrected chi connectivity index (χ0v) is 12.5. The summed E-state index contributed by atoms with van der Waals surface area (Å²) in [6.07, 6.45) is 0.439. The van der Waals surface area contributed by atoms with E-state index in [1.165, 1.54) is 0 Å². The Bertz CT molecular complexity index is 547. The molecule has 0 saturated carbocycles. The number of amides is 1. The molecule has 1 heterocycles. The Hall–Kier alpha value is -1.85. The summed E-state index contributed by atoms with van der Waals surface area (Å²) in [6, 6.07) is 10.0. The Morgan fingerprint density at radius 1 is 1.33 bits per heavy atom. The van der Waals surface area contributed by atoms with E-state index in [0.717, 1.165) is 16.7 Å². The molecule has 0 spiro atoms. The quantitative estimate of drug-likeness (QED) is 0.732. The molecule has 0 fully saturated rings. The third-order valence-corrected chi connectivity index (χ3v) is 3.30. The van der Waals surface area contributed by atoms with Gasteiger partial charge in [-0.3, -0.25) is 4.79 Å². The molecule has 1 amide bonds. The first-order chi connectivity index (χ1) is 10.2. The Morgan fingerprint density at radius 2 is 2.14 bits per heavy atom. The van der Waals surface area contributed by atoms with Gasteiger partial charge in [-0.1, -0.05) is 18.2 Å². The molecule has 0 aliphatic carbocycles. The highest BCUT2D eigenvalue weighted by Gasteiger charge is 2.11. The van der Waals surface area contributed by atoms with Gasteiger partial charge >= 0.3 is 0 Å². The molecule has 114 valence electrons. The highest BCUT2D eigenvalue weighted by molar-refractivity contribution is 5.78. The van der Waals surface area contributed by atoms with Crippen molar-refractivity contribution in [3.05, 3.63) is 36.1 Å². The van der Waals surface area contributed by atoms with Crippen LogP contribution in [0.25, 0.3) is 11.0 Å². The molecule has 5 nitrogen and oxygen atoms in total. The number of fused-ring (bicyclic) bond motifs is 1. The highest BCUT2D eigenvalue weighted by Crippen LogP contribution is 2.23. The molecule has 0 aliphatic rings. The van der Waals surface area contributed by atoms with E-state index in [4.69, 9.17) is 9.15 Å². The molecule has 1 aromatic carbocycles. The molecule has 0 radical (unpaired) electrons. The molecule has 2 rings (SSSR count). The van der Waals surface area contributed by atoms with Crippen LogP contribution in [0.4, 0.5) is 0 Å². The van der Waals surface area contributed by atoms with Crippen molar-refractivity contribution in [1.82, 2.24) is 10.6 Å². The molecule has 1 aromatic heterocycles. The van der Waals surface area contributed by atoms with E-state index in [2.05, 4.69) is 10.6 Å². The van der Waals surface area contributed by atoms with Crippen molar-refractivity contribution in [3.63, 3.8) is 0 Å². The Labute approximate surface area is 124 Å². The minimum Gasteiger partial charge on any atom is -0.459 e. The topological polar surface area (TPSA) is 63.5 Å². The average molecular weight is 290 g/mol. The first-order valence-corrected chi connectivity index (χ1v) is 7.18. The third kappa shape index (κ3) is 4.58. The van der Waals surface area contributed by atoms with Gasteiger partial charge in [-0.15, -0.1) is 0 Å². The van der Waals surface area contributed by atoms with Gasteiger partial charge in [0, 0.05) is 32.0 Å². The summed E-state index contributed by atoms with van der Waals surface area (Å²) >= 11 is 0. The monoisotopic (exact) mass is 290 g/mol. The van der Waals surface area contributed by atoms with Crippen molar-refractivity contribution in [3.8, 4) is 0 Å². The van der Waals surface area contributed by atoms with Crippen LogP contribution in [-0.2, 0) is 9.53 Å². The zero-order valence-electron chi connectivity index (χ0n) is 12.5. The van der Waals surface area contributed by atoms with Crippen molar-refractivity contribution in [2.45, 2.75) is 19.4 Å². The van der Waals surface area contributed by atoms with Crippen LogP contribution in [0.2, 0.25) is 0 Å². The fourth-order valence-electron chi connectivity index (χ4n) is 2.10. The van der Waals surface area contributed by atoms with Gasteiger partial charge in [-0.05, 0) is 19.1 Å². The summed E-state index contributed by atoms with van der Waals surface area (Å²) in [5.41, 5.74) is 0.887. The van der Waals surface area contributed by atoms with Crippen molar-refractivity contribution in [1.29, 1.82) is 0 Å². The van der Waals surface area contributed by atoms with Gasteiger partial charge in [0.2, 0.25) is 5.91 Å². The number of methoxy groups -OCH3 is 1. The number of benzene rings is 1. The van der Waals surface area contributed by atoms with Crippen LogP contribution < -0.4 is 10.6 Å². The van der Waals surface area contributed by atoms with Gasteiger partial charge < -0.3 is 19.8 Å². The minimum atomic E-state index is 0.0244. The van der Waals surface area contributed by atoms with E-state index in [-0.39, 0.29) is 11.9 Å². The second-order valence-electron chi connectivity index (χ2n) is 4.96. The van der Waals surface area contributed by atoms with Crippen molar-refractivity contribution >= 4 is 16.9 Å². The molecule has 0 bridgehead atoms. The lowest BCUT2D eigenvalue weighted by Gasteiger charge is -2.11. The lowest BCUT2D eigenvalue weighted by molar-refractivity contribution is -0.121. The maximum Gasteiger partial charge on any atom is 0.221 e.